The number of carbonyl (C=O) groups is 3. The maximum absolute atomic E-state index is 13.8. The molecule has 0 aliphatic carbocycles. The van der Waals surface area contributed by atoms with Crippen molar-refractivity contribution in [2.24, 2.45) is 5.92 Å². The van der Waals surface area contributed by atoms with Crippen molar-refractivity contribution in [3.05, 3.63) is 46.5 Å². The van der Waals surface area contributed by atoms with Crippen LogP contribution in [-0.2, 0) is 35.0 Å². The Bertz CT molecular complexity index is 1330. The van der Waals surface area contributed by atoms with Gasteiger partial charge in [0.15, 0.2) is 5.72 Å². The highest BCUT2D eigenvalue weighted by Gasteiger charge is 2.64. The standard InChI is InChI=1S/C32H43ClN2O9/c1-8-10-27(37)43-25-16-26(36)35(5)21-14-20(15-22(40-6)28(21)33)13-18(2)11-9-12-24(41-7)32(39)17-23(42-30(38)34-32)19(3)29-31(25,4)44-29/h9,11-12,14-15,19,23-25,29,39H,8,10,13,16-17H2,1-7H3,(H,34,38)/b12-9+,18-11-. The molecule has 242 valence electrons. The molecule has 44 heavy (non-hydrogen) atoms. The lowest BCUT2D eigenvalue weighted by Crippen LogP contribution is -2.63. The number of anilines is 1. The monoisotopic (exact) mass is 634 g/mol. The van der Waals surface area contributed by atoms with Crippen molar-refractivity contribution in [2.75, 3.05) is 26.2 Å². The van der Waals surface area contributed by atoms with Gasteiger partial charge in [0.05, 0.1) is 25.3 Å². The van der Waals surface area contributed by atoms with Crippen LogP contribution in [0.4, 0.5) is 10.5 Å². The summed E-state index contributed by atoms with van der Waals surface area (Å²) in [6.45, 7) is 7.41. The Morgan fingerprint density at radius 3 is 2.66 bits per heavy atom. The number of amides is 2. The van der Waals surface area contributed by atoms with E-state index in [1.165, 1.54) is 19.1 Å². The number of esters is 1. The Hall–Kier alpha value is -3.12. The molecule has 7 atom stereocenters. The fraction of sp³-hybridized carbons (Fsp3) is 0.594. The van der Waals surface area contributed by atoms with E-state index < -0.39 is 53.7 Å². The first-order chi connectivity index (χ1) is 20.8. The summed E-state index contributed by atoms with van der Waals surface area (Å²) in [4.78, 5) is 40.6. The van der Waals surface area contributed by atoms with Crippen molar-refractivity contribution in [1.82, 2.24) is 5.32 Å². The van der Waals surface area contributed by atoms with Crippen LogP contribution in [0.25, 0.3) is 0 Å². The molecule has 12 heteroatoms. The largest absolute Gasteiger partial charge is 0.495 e. The molecule has 0 aromatic heterocycles. The third-order valence-electron chi connectivity index (χ3n) is 8.68. The van der Waals surface area contributed by atoms with Crippen LogP contribution in [-0.4, -0.2) is 80.1 Å². The Labute approximate surface area is 263 Å². The van der Waals surface area contributed by atoms with Crippen molar-refractivity contribution < 1.29 is 43.2 Å². The number of benzene rings is 1. The van der Waals surface area contributed by atoms with Crippen LogP contribution < -0.4 is 15.0 Å². The van der Waals surface area contributed by atoms with Gasteiger partial charge in [-0.3, -0.25) is 14.9 Å². The van der Waals surface area contributed by atoms with Crippen molar-refractivity contribution >= 4 is 35.3 Å². The van der Waals surface area contributed by atoms with Gasteiger partial charge in [-0.25, -0.2) is 4.79 Å². The number of epoxide rings is 1. The summed E-state index contributed by atoms with van der Waals surface area (Å²) in [7, 11) is 4.57. The zero-order valence-electron chi connectivity index (χ0n) is 26.3. The van der Waals surface area contributed by atoms with E-state index in [4.69, 9.17) is 35.3 Å². The van der Waals surface area contributed by atoms with Gasteiger partial charge in [-0.15, -0.1) is 0 Å². The zero-order valence-corrected chi connectivity index (χ0v) is 27.1. The minimum atomic E-state index is -1.76. The van der Waals surface area contributed by atoms with Gasteiger partial charge in [0, 0.05) is 32.9 Å². The number of fused-ring (bicyclic) bond motifs is 5. The summed E-state index contributed by atoms with van der Waals surface area (Å²) < 4.78 is 28.8. The molecule has 7 unspecified atom stereocenters. The molecule has 1 aromatic rings. The summed E-state index contributed by atoms with van der Waals surface area (Å²) in [6, 6.07) is 3.64. The topological polar surface area (TPSA) is 136 Å². The number of methoxy groups -OCH3 is 2. The molecule has 4 rings (SSSR count). The third-order valence-corrected chi connectivity index (χ3v) is 9.06. The van der Waals surface area contributed by atoms with Gasteiger partial charge in [-0.1, -0.05) is 49.2 Å². The highest BCUT2D eigenvalue weighted by Crippen LogP contribution is 2.49. The number of nitrogens with zero attached hydrogens (tertiary/aromatic N) is 1. The van der Waals surface area contributed by atoms with E-state index >= 15 is 0 Å². The number of carbonyl (C=O) groups excluding carboxylic acids is 3. The van der Waals surface area contributed by atoms with Crippen molar-refractivity contribution in [2.45, 2.75) is 95.5 Å². The molecule has 0 spiro atoms. The first-order valence-corrected chi connectivity index (χ1v) is 15.2. The molecular formula is C32H43ClN2O9. The quantitative estimate of drug-likeness (QED) is 0.355. The van der Waals surface area contributed by atoms with E-state index in [1.54, 1.807) is 26.1 Å². The van der Waals surface area contributed by atoms with Crippen LogP contribution in [0.3, 0.4) is 0 Å². The Kier molecular flexibility index (Phi) is 10.3. The number of hydrogen-bond donors (Lipinski definition) is 2. The predicted octanol–water partition coefficient (Wildman–Crippen LogP) is 4.47. The summed E-state index contributed by atoms with van der Waals surface area (Å²) >= 11 is 6.68. The predicted molar refractivity (Wildman–Crippen MR) is 164 cm³/mol. The van der Waals surface area contributed by atoms with Crippen LogP contribution in [0.15, 0.2) is 35.9 Å². The lowest BCUT2D eigenvalue weighted by Gasteiger charge is -2.42. The minimum Gasteiger partial charge on any atom is -0.495 e. The van der Waals surface area contributed by atoms with Gasteiger partial charge < -0.3 is 33.7 Å². The average Bonchev–Trinajstić information content (AvgIpc) is 3.66. The van der Waals surface area contributed by atoms with Crippen LogP contribution in [0, 0.1) is 5.92 Å². The second-order valence-electron chi connectivity index (χ2n) is 12.0. The van der Waals surface area contributed by atoms with E-state index in [-0.39, 0.29) is 30.2 Å². The molecule has 2 N–H and O–H groups in total. The van der Waals surface area contributed by atoms with Crippen molar-refractivity contribution in [3.8, 4) is 5.75 Å². The van der Waals surface area contributed by atoms with E-state index in [0.717, 1.165) is 11.1 Å². The Morgan fingerprint density at radius 2 is 2.00 bits per heavy atom. The maximum atomic E-state index is 13.8. The van der Waals surface area contributed by atoms with Crippen LogP contribution in [0.1, 0.15) is 58.9 Å². The van der Waals surface area contributed by atoms with E-state index in [1.807, 2.05) is 39.0 Å². The molecule has 0 radical (unpaired) electrons. The maximum Gasteiger partial charge on any atom is 0.409 e. The Balaban J connectivity index is 1.79. The fourth-order valence-electron chi connectivity index (χ4n) is 6.03. The number of aliphatic hydroxyl groups is 1. The van der Waals surface area contributed by atoms with E-state index in [2.05, 4.69) is 5.32 Å². The normalized spacial score (nSPS) is 34.5. The SMILES string of the molecule is CCCC(=O)OC1CC(=O)N(C)c2cc(cc(OC)c2Cl)C/C(C)=C\C=C\C(OC)C2(O)CC(OC(=O)N2)C(C)C2OC12C. The number of alkyl carbamates (subject to hydrolysis) is 1. The van der Waals surface area contributed by atoms with E-state index in [9.17, 15) is 19.5 Å². The summed E-state index contributed by atoms with van der Waals surface area (Å²) in [5.41, 5.74) is -0.561. The zero-order chi connectivity index (χ0) is 32.4. The summed E-state index contributed by atoms with van der Waals surface area (Å²) in [6.07, 6.45) is 2.47. The Morgan fingerprint density at radius 1 is 1.27 bits per heavy atom. The van der Waals surface area contributed by atoms with Gasteiger partial charge in [-0.2, -0.15) is 0 Å². The van der Waals surface area contributed by atoms with Gasteiger partial charge in [0.1, 0.15) is 34.7 Å². The van der Waals surface area contributed by atoms with E-state index in [0.29, 0.717) is 24.3 Å². The molecule has 3 aliphatic heterocycles. The molecule has 0 saturated carbocycles. The smallest absolute Gasteiger partial charge is 0.409 e. The molecule has 3 aliphatic rings. The highest BCUT2D eigenvalue weighted by atomic mass is 35.5. The molecule has 2 saturated heterocycles. The third kappa shape index (κ3) is 7.06. The molecule has 4 bridgehead atoms. The molecule has 2 fully saturated rings. The minimum absolute atomic E-state index is 0.00742. The number of ether oxygens (including phenoxy) is 5. The molecular weight excluding hydrogens is 592 g/mol. The van der Waals surface area contributed by atoms with Crippen molar-refractivity contribution in [1.29, 1.82) is 0 Å². The van der Waals surface area contributed by atoms with Gasteiger partial charge in [-0.05, 0) is 44.4 Å². The summed E-state index contributed by atoms with van der Waals surface area (Å²) in [5.74, 6) is -0.813. The molecule has 2 amide bonds. The van der Waals surface area contributed by atoms with Crippen molar-refractivity contribution in [3.63, 3.8) is 0 Å². The second kappa shape index (κ2) is 13.5. The second-order valence-corrected chi connectivity index (χ2v) is 12.4. The van der Waals surface area contributed by atoms with Crippen LogP contribution >= 0.6 is 11.6 Å². The highest BCUT2D eigenvalue weighted by molar-refractivity contribution is 6.35. The number of nitrogens with one attached hydrogen (secondary N) is 1. The number of allylic oxidation sites excluding steroid dienone is 3. The lowest BCUT2D eigenvalue weighted by atomic mass is 9.83. The van der Waals surface area contributed by atoms with Crippen LogP contribution in [0.2, 0.25) is 5.02 Å². The van der Waals surface area contributed by atoms with Gasteiger partial charge in [0.2, 0.25) is 5.91 Å². The van der Waals surface area contributed by atoms with Crippen LogP contribution in [0.5, 0.6) is 5.75 Å². The number of hydrogen-bond acceptors (Lipinski definition) is 9. The first kappa shape index (κ1) is 33.8. The first-order valence-electron chi connectivity index (χ1n) is 14.8. The lowest BCUT2D eigenvalue weighted by molar-refractivity contribution is -0.153. The molecule has 1 aromatic carbocycles. The molecule has 11 nitrogen and oxygen atoms in total. The van der Waals surface area contributed by atoms with Gasteiger partial charge >= 0.3 is 12.1 Å². The average molecular weight is 635 g/mol. The number of halogens is 1. The number of rotatable bonds is 5. The fourth-order valence-corrected chi connectivity index (χ4v) is 6.34. The van der Waals surface area contributed by atoms with Gasteiger partial charge in [0.25, 0.3) is 0 Å². The molecule has 3 heterocycles. The summed E-state index contributed by atoms with van der Waals surface area (Å²) in [5, 5.41) is 14.4.